The summed E-state index contributed by atoms with van der Waals surface area (Å²) >= 11 is 1.30. The van der Waals surface area contributed by atoms with E-state index in [1.54, 1.807) is 23.6 Å². The number of benzene rings is 3. The number of nitrogens with one attached hydrogen (secondary N) is 1. The Bertz CT molecular complexity index is 1550. The number of anilines is 1. The molecule has 3 aromatic carbocycles. The van der Waals surface area contributed by atoms with Crippen LogP contribution >= 0.6 is 11.3 Å². The van der Waals surface area contributed by atoms with Gasteiger partial charge in [0.25, 0.3) is 5.69 Å². The van der Waals surface area contributed by atoms with Gasteiger partial charge < -0.3 is 4.42 Å². The predicted molar refractivity (Wildman–Crippen MR) is 125 cm³/mol. The highest BCUT2D eigenvalue weighted by Gasteiger charge is 2.13. The van der Waals surface area contributed by atoms with Crippen molar-refractivity contribution in [3.05, 3.63) is 98.2 Å². The van der Waals surface area contributed by atoms with E-state index in [1.165, 1.54) is 29.7 Å². The quantitative estimate of drug-likeness (QED) is 0.128. The fraction of sp³-hybridized carbons (Fsp3) is 0. The number of thiazole rings is 1. The maximum Gasteiger partial charge on any atom is 0.345 e. The third kappa shape index (κ3) is 3.72. The topological polar surface area (TPSA) is 111 Å². The van der Waals surface area contributed by atoms with Crippen molar-refractivity contribution in [1.29, 1.82) is 0 Å². The maximum atomic E-state index is 12.6. The molecular weight excluding hydrogens is 428 g/mol. The molecule has 1 N–H and O–H groups in total. The van der Waals surface area contributed by atoms with Crippen molar-refractivity contribution in [3.8, 4) is 11.3 Å². The van der Waals surface area contributed by atoms with Crippen LogP contribution < -0.4 is 11.1 Å². The Kier molecular flexibility index (Phi) is 4.92. The number of hydrogen-bond donors (Lipinski definition) is 1. The van der Waals surface area contributed by atoms with Crippen LogP contribution in [0.1, 0.15) is 5.56 Å². The van der Waals surface area contributed by atoms with Crippen LogP contribution in [-0.4, -0.2) is 16.1 Å². The Morgan fingerprint density at radius 2 is 1.88 bits per heavy atom. The second-order valence-corrected chi connectivity index (χ2v) is 7.76. The molecule has 0 saturated heterocycles. The van der Waals surface area contributed by atoms with Gasteiger partial charge in [-0.15, -0.1) is 11.3 Å². The minimum atomic E-state index is -0.459. The molecule has 0 spiro atoms. The zero-order chi connectivity index (χ0) is 22.1. The Labute approximate surface area is 184 Å². The average molecular weight is 442 g/mol. The number of hydrazone groups is 1. The Morgan fingerprint density at radius 1 is 1.06 bits per heavy atom. The van der Waals surface area contributed by atoms with Crippen molar-refractivity contribution in [2.75, 3.05) is 5.43 Å². The minimum Gasteiger partial charge on any atom is -0.422 e. The number of hydrogen-bond acceptors (Lipinski definition) is 8. The molecule has 2 heterocycles. The summed E-state index contributed by atoms with van der Waals surface area (Å²) in [5, 5.41) is 20.0. The SMILES string of the molecule is O=c1oc2ccc3ccccc3c2cc1-c1csc(N/N=C\c2ccc([N+](=O)[O-])cc2)n1. The van der Waals surface area contributed by atoms with E-state index in [4.69, 9.17) is 4.42 Å². The molecule has 0 bridgehead atoms. The number of non-ortho nitro benzene ring substituents is 1. The summed E-state index contributed by atoms with van der Waals surface area (Å²) in [5.74, 6) is 0. The van der Waals surface area contributed by atoms with Gasteiger partial charge in [-0.2, -0.15) is 5.10 Å². The maximum absolute atomic E-state index is 12.6. The van der Waals surface area contributed by atoms with Gasteiger partial charge in [0, 0.05) is 22.9 Å². The first kappa shape index (κ1) is 19.6. The molecule has 0 saturated carbocycles. The summed E-state index contributed by atoms with van der Waals surface area (Å²) < 4.78 is 5.54. The van der Waals surface area contributed by atoms with E-state index in [2.05, 4.69) is 15.5 Å². The summed E-state index contributed by atoms with van der Waals surface area (Å²) in [4.78, 5) is 27.3. The summed E-state index contributed by atoms with van der Waals surface area (Å²) in [7, 11) is 0. The van der Waals surface area contributed by atoms with Crippen LogP contribution in [0.3, 0.4) is 0 Å². The highest BCUT2D eigenvalue weighted by molar-refractivity contribution is 7.14. The van der Waals surface area contributed by atoms with Crippen LogP contribution in [0.15, 0.2) is 86.4 Å². The number of aromatic nitrogens is 1. The first-order chi connectivity index (χ1) is 15.6. The number of nitrogens with zero attached hydrogens (tertiary/aromatic N) is 3. The average Bonchev–Trinajstić information content (AvgIpc) is 3.27. The van der Waals surface area contributed by atoms with Gasteiger partial charge in [-0.1, -0.05) is 30.3 Å². The fourth-order valence-corrected chi connectivity index (χ4v) is 4.00. The molecule has 0 unspecified atom stereocenters. The third-order valence-corrected chi connectivity index (χ3v) is 5.65. The van der Waals surface area contributed by atoms with Gasteiger partial charge in [0.15, 0.2) is 0 Å². The van der Waals surface area contributed by atoms with E-state index in [0.29, 0.717) is 27.5 Å². The zero-order valence-corrected chi connectivity index (χ0v) is 17.2. The molecule has 0 radical (unpaired) electrons. The molecule has 9 heteroatoms. The minimum absolute atomic E-state index is 0.0154. The van der Waals surface area contributed by atoms with Gasteiger partial charge in [0.2, 0.25) is 5.13 Å². The standard InChI is InChI=1S/C23H14N4O4S/c28-22-19(11-18-17-4-2-1-3-15(17)7-10-21(18)31-22)20-13-32-23(25-20)26-24-12-14-5-8-16(9-6-14)27(29)30/h1-13H,(H,25,26)/b24-12-. The van der Waals surface area contributed by atoms with Crippen molar-refractivity contribution in [2.24, 2.45) is 5.10 Å². The van der Waals surface area contributed by atoms with Crippen molar-refractivity contribution in [1.82, 2.24) is 4.98 Å². The molecule has 0 aliphatic heterocycles. The number of rotatable bonds is 5. The lowest BCUT2D eigenvalue weighted by atomic mass is 10.0. The van der Waals surface area contributed by atoms with Crippen LogP contribution in [0.2, 0.25) is 0 Å². The Hall–Kier alpha value is -4.37. The van der Waals surface area contributed by atoms with E-state index in [0.717, 1.165) is 16.2 Å². The largest absolute Gasteiger partial charge is 0.422 e. The predicted octanol–water partition coefficient (Wildman–Crippen LogP) is 5.42. The molecule has 156 valence electrons. The van der Waals surface area contributed by atoms with Crippen molar-refractivity contribution in [3.63, 3.8) is 0 Å². The molecule has 2 aromatic heterocycles. The summed E-state index contributed by atoms with van der Waals surface area (Å²) in [6.45, 7) is 0. The molecule has 32 heavy (non-hydrogen) atoms. The highest BCUT2D eigenvalue weighted by Crippen LogP contribution is 2.29. The van der Waals surface area contributed by atoms with E-state index < -0.39 is 10.5 Å². The second kappa shape index (κ2) is 8.05. The van der Waals surface area contributed by atoms with Crippen LogP contribution in [0.5, 0.6) is 0 Å². The van der Waals surface area contributed by atoms with Crippen LogP contribution in [0, 0.1) is 10.1 Å². The smallest absolute Gasteiger partial charge is 0.345 e. The summed E-state index contributed by atoms with van der Waals surface area (Å²) in [5.41, 5.74) is 4.46. The Morgan fingerprint density at radius 3 is 2.69 bits per heavy atom. The van der Waals surface area contributed by atoms with Crippen molar-refractivity contribution in [2.45, 2.75) is 0 Å². The molecule has 0 atom stereocenters. The second-order valence-electron chi connectivity index (χ2n) is 6.90. The van der Waals surface area contributed by atoms with Crippen molar-refractivity contribution >= 4 is 50.1 Å². The van der Waals surface area contributed by atoms with Crippen LogP contribution in [-0.2, 0) is 0 Å². The van der Waals surface area contributed by atoms with Crippen molar-refractivity contribution < 1.29 is 9.34 Å². The molecule has 5 rings (SSSR count). The number of nitro groups is 1. The molecular formula is C23H14N4O4S. The van der Waals surface area contributed by atoms with Gasteiger partial charge in [0.05, 0.1) is 22.4 Å². The summed E-state index contributed by atoms with van der Waals surface area (Å²) in [6.07, 6.45) is 1.53. The third-order valence-electron chi connectivity index (χ3n) is 4.90. The monoisotopic (exact) mass is 442 g/mol. The lowest BCUT2D eigenvalue weighted by Gasteiger charge is -2.04. The lowest BCUT2D eigenvalue weighted by molar-refractivity contribution is -0.384. The lowest BCUT2D eigenvalue weighted by Crippen LogP contribution is -2.03. The van der Waals surface area contributed by atoms with Gasteiger partial charge in [-0.25, -0.2) is 9.78 Å². The normalized spacial score (nSPS) is 11.4. The fourth-order valence-electron chi connectivity index (χ4n) is 3.34. The van der Waals surface area contributed by atoms with E-state index in [1.807, 2.05) is 36.4 Å². The van der Waals surface area contributed by atoms with Gasteiger partial charge >= 0.3 is 5.63 Å². The first-order valence-electron chi connectivity index (χ1n) is 9.53. The molecule has 0 amide bonds. The van der Waals surface area contributed by atoms with Crippen LogP contribution in [0.25, 0.3) is 33.0 Å². The van der Waals surface area contributed by atoms with Crippen LogP contribution in [0.4, 0.5) is 10.8 Å². The van der Waals surface area contributed by atoms with E-state index in [-0.39, 0.29) is 5.69 Å². The molecule has 5 aromatic rings. The van der Waals surface area contributed by atoms with Gasteiger partial charge in [0.1, 0.15) is 5.58 Å². The molecule has 0 fully saturated rings. The molecule has 0 aliphatic carbocycles. The molecule has 8 nitrogen and oxygen atoms in total. The molecule has 0 aliphatic rings. The van der Waals surface area contributed by atoms with E-state index in [9.17, 15) is 14.9 Å². The van der Waals surface area contributed by atoms with E-state index >= 15 is 0 Å². The summed E-state index contributed by atoms with van der Waals surface area (Å²) in [6, 6.07) is 19.4. The van der Waals surface area contributed by atoms with Gasteiger partial charge in [-0.3, -0.25) is 15.5 Å². The first-order valence-corrected chi connectivity index (χ1v) is 10.4. The zero-order valence-electron chi connectivity index (χ0n) is 16.4. The highest BCUT2D eigenvalue weighted by atomic mass is 32.1. The number of nitro benzene ring substituents is 1. The number of fused-ring (bicyclic) bond motifs is 3. The Balaban J connectivity index is 1.41. The van der Waals surface area contributed by atoms with Gasteiger partial charge in [-0.05, 0) is 40.6 Å².